The van der Waals surface area contributed by atoms with E-state index in [9.17, 15) is 14.7 Å². The van der Waals surface area contributed by atoms with Crippen LogP contribution < -0.4 is 5.32 Å². The summed E-state index contributed by atoms with van der Waals surface area (Å²) >= 11 is 1.82. The first kappa shape index (κ1) is 31.7. The Morgan fingerprint density at radius 2 is 1.51 bits per heavy atom. The number of nitrogens with one attached hydrogen (secondary N) is 1. The van der Waals surface area contributed by atoms with Crippen LogP contribution in [0.5, 0.6) is 0 Å². The number of aliphatic carboxylic acids is 1. The maximum Gasteiger partial charge on any atom is 0.310 e. The lowest BCUT2D eigenvalue weighted by atomic mass is 9.78. The van der Waals surface area contributed by atoms with Gasteiger partial charge in [0, 0.05) is 52.9 Å². The largest absolute Gasteiger partial charge is 0.481 e. The number of hydrogen-bond acceptors (Lipinski definition) is 6. The van der Waals surface area contributed by atoms with Gasteiger partial charge in [-0.25, -0.2) is 9.97 Å². The Morgan fingerprint density at radius 1 is 0.851 bits per heavy atom. The molecule has 2 aliphatic carbocycles. The van der Waals surface area contributed by atoms with Gasteiger partial charge < -0.3 is 15.3 Å². The SMILES string of the molecule is CC[C@H]1CC[C@H](c2ccc(-c3cnc(-c4ccc(C[C@H](NCc5ccc(C6CC6)s5)C(=O)N5CC(C(=O)O)C5)cc4)nc3)cc2)CC1. The zero-order valence-electron chi connectivity index (χ0n) is 27.1. The minimum Gasteiger partial charge on any atom is -0.481 e. The number of thiophene rings is 1. The molecule has 2 saturated carbocycles. The number of carboxylic acid groups (broad SMARTS) is 1. The smallest absolute Gasteiger partial charge is 0.310 e. The first-order chi connectivity index (χ1) is 22.9. The maximum absolute atomic E-state index is 13.5. The molecule has 0 unspecified atom stereocenters. The number of carbonyl (C=O) groups excluding carboxylic acids is 1. The lowest BCUT2D eigenvalue weighted by Gasteiger charge is -2.39. The number of hydrogen-bond donors (Lipinski definition) is 2. The number of amides is 1. The van der Waals surface area contributed by atoms with Gasteiger partial charge in [0.05, 0.1) is 12.0 Å². The van der Waals surface area contributed by atoms with Crippen LogP contribution in [-0.4, -0.2) is 51.0 Å². The predicted molar refractivity (Wildman–Crippen MR) is 186 cm³/mol. The monoisotopic (exact) mass is 648 g/mol. The molecule has 2 aromatic heterocycles. The Hall–Kier alpha value is -3.88. The molecule has 2 N–H and O–H groups in total. The Labute approximate surface area is 281 Å². The van der Waals surface area contributed by atoms with Crippen molar-refractivity contribution in [2.24, 2.45) is 11.8 Å². The van der Waals surface area contributed by atoms with Crippen LogP contribution in [0, 0.1) is 11.8 Å². The van der Waals surface area contributed by atoms with E-state index in [1.807, 2.05) is 48.0 Å². The standard InChI is InChI=1S/C39H44N4O3S/c1-2-25-3-7-27(8-4-25)28-11-13-29(14-12-28)32-20-41-37(42-21-32)31-9-5-26(6-10-31)19-35(38(44)43-23-33(24-43)39(45)46)40-22-34-17-18-36(47-34)30-15-16-30/h5-6,9-14,17-18,20-21,25,27,30,33,35,40H,2-4,7-8,15-16,19,22-24H2,1H3,(H,45,46)/t25-,27-,35-/m0/s1. The fourth-order valence-electron chi connectivity index (χ4n) is 7.09. The van der Waals surface area contributed by atoms with E-state index < -0.39 is 17.9 Å². The summed E-state index contributed by atoms with van der Waals surface area (Å²) in [6.45, 7) is 3.47. The van der Waals surface area contributed by atoms with Crippen molar-refractivity contribution in [2.45, 2.75) is 82.7 Å². The molecule has 0 radical (unpaired) electrons. The lowest BCUT2D eigenvalue weighted by Crippen LogP contribution is -2.58. The first-order valence-electron chi connectivity index (χ1n) is 17.3. The summed E-state index contributed by atoms with van der Waals surface area (Å²) in [7, 11) is 0. The third-order valence-corrected chi connectivity index (χ3v) is 11.7. The van der Waals surface area contributed by atoms with Crippen LogP contribution in [0.25, 0.3) is 22.5 Å². The topological polar surface area (TPSA) is 95.4 Å². The highest BCUT2D eigenvalue weighted by atomic mass is 32.1. The van der Waals surface area contributed by atoms with Gasteiger partial charge in [0.2, 0.25) is 5.91 Å². The second kappa shape index (κ2) is 14.1. The molecular weight excluding hydrogens is 605 g/mol. The molecule has 3 fully saturated rings. The number of likely N-dealkylation sites (tertiary alicyclic amines) is 1. The van der Waals surface area contributed by atoms with Gasteiger partial charge in [-0.3, -0.25) is 9.59 Å². The minimum atomic E-state index is -0.840. The molecule has 2 aromatic carbocycles. The number of aromatic nitrogens is 2. The number of rotatable bonds is 12. The van der Waals surface area contributed by atoms with E-state index in [0.29, 0.717) is 30.6 Å². The molecule has 1 atom stereocenters. The van der Waals surface area contributed by atoms with Crippen molar-refractivity contribution in [3.8, 4) is 22.5 Å². The van der Waals surface area contributed by atoms with Crippen molar-refractivity contribution < 1.29 is 14.7 Å². The van der Waals surface area contributed by atoms with Crippen molar-refractivity contribution in [3.05, 3.63) is 93.9 Å². The van der Waals surface area contributed by atoms with Crippen LogP contribution in [0.1, 0.15) is 84.6 Å². The normalized spacial score (nSPS) is 20.5. The highest BCUT2D eigenvalue weighted by molar-refractivity contribution is 7.12. The van der Waals surface area contributed by atoms with E-state index in [2.05, 4.69) is 58.6 Å². The van der Waals surface area contributed by atoms with Crippen LogP contribution >= 0.6 is 11.3 Å². The van der Waals surface area contributed by atoms with E-state index in [0.717, 1.165) is 28.2 Å². The molecule has 1 aliphatic heterocycles. The van der Waals surface area contributed by atoms with E-state index in [-0.39, 0.29) is 19.0 Å². The number of carboxylic acids is 1. The third kappa shape index (κ3) is 7.49. The Kier molecular flexibility index (Phi) is 9.50. The number of benzene rings is 2. The molecule has 7 rings (SSSR count). The van der Waals surface area contributed by atoms with Crippen LogP contribution in [-0.2, 0) is 22.6 Å². The van der Waals surface area contributed by atoms with Crippen LogP contribution in [0.3, 0.4) is 0 Å². The van der Waals surface area contributed by atoms with Gasteiger partial charge in [-0.05, 0) is 91.5 Å². The van der Waals surface area contributed by atoms with Gasteiger partial charge >= 0.3 is 5.97 Å². The summed E-state index contributed by atoms with van der Waals surface area (Å²) in [6.07, 6.45) is 13.4. The van der Waals surface area contributed by atoms with Crippen molar-refractivity contribution in [3.63, 3.8) is 0 Å². The Morgan fingerprint density at radius 3 is 2.15 bits per heavy atom. The fourth-order valence-corrected chi connectivity index (χ4v) is 8.22. The van der Waals surface area contributed by atoms with Gasteiger partial charge in [0.15, 0.2) is 5.82 Å². The molecule has 3 heterocycles. The van der Waals surface area contributed by atoms with E-state index >= 15 is 0 Å². The van der Waals surface area contributed by atoms with Gasteiger partial charge in [0.25, 0.3) is 0 Å². The molecule has 8 heteroatoms. The molecule has 47 heavy (non-hydrogen) atoms. The zero-order chi connectivity index (χ0) is 32.3. The second-order valence-electron chi connectivity index (χ2n) is 13.7. The molecule has 4 aromatic rings. The minimum absolute atomic E-state index is 0.0404. The fraction of sp³-hybridized carbons (Fsp3) is 0.436. The lowest BCUT2D eigenvalue weighted by molar-refractivity contribution is -0.153. The average Bonchev–Trinajstić information content (AvgIpc) is 3.83. The average molecular weight is 649 g/mol. The summed E-state index contributed by atoms with van der Waals surface area (Å²) in [5, 5.41) is 12.8. The highest BCUT2D eigenvalue weighted by Gasteiger charge is 2.38. The number of nitrogens with zero attached hydrogens (tertiary/aromatic N) is 3. The number of carbonyl (C=O) groups is 2. The van der Waals surface area contributed by atoms with Gasteiger partial charge in [0.1, 0.15) is 0 Å². The van der Waals surface area contributed by atoms with Gasteiger partial charge in [-0.1, -0.05) is 61.9 Å². The Balaban J connectivity index is 0.983. The molecule has 244 valence electrons. The molecule has 1 saturated heterocycles. The molecule has 3 aliphatic rings. The van der Waals surface area contributed by atoms with Crippen LogP contribution in [0.4, 0.5) is 0 Å². The highest BCUT2D eigenvalue weighted by Crippen LogP contribution is 2.43. The Bertz CT molecular complexity index is 1670. The molecular formula is C39H44N4O3S. The summed E-state index contributed by atoms with van der Waals surface area (Å²) < 4.78 is 0. The summed E-state index contributed by atoms with van der Waals surface area (Å²) in [4.78, 5) is 38.5. The molecule has 1 amide bonds. The van der Waals surface area contributed by atoms with Crippen LogP contribution in [0.15, 0.2) is 73.1 Å². The van der Waals surface area contributed by atoms with Crippen molar-refractivity contribution >= 4 is 23.2 Å². The third-order valence-electron chi connectivity index (χ3n) is 10.5. The van der Waals surface area contributed by atoms with E-state index in [1.54, 1.807) is 4.90 Å². The first-order valence-corrected chi connectivity index (χ1v) is 18.1. The van der Waals surface area contributed by atoms with E-state index in [4.69, 9.17) is 0 Å². The van der Waals surface area contributed by atoms with Gasteiger partial charge in [-0.2, -0.15) is 0 Å². The van der Waals surface area contributed by atoms with E-state index in [1.165, 1.54) is 60.3 Å². The molecule has 7 nitrogen and oxygen atoms in total. The second-order valence-corrected chi connectivity index (χ2v) is 14.9. The zero-order valence-corrected chi connectivity index (χ0v) is 27.9. The quantitative estimate of drug-likeness (QED) is 0.164. The maximum atomic E-state index is 13.5. The summed E-state index contributed by atoms with van der Waals surface area (Å²) in [5.41, 5.74) is 5.53. The van der Waals surface area contributed by atoms with Crippen molar-refractivity contribution in [2.75, 3.05) is 13.1 Å². The molecule has 0 bridgehead atoms. The summed E-state index contributed by atoms with van der Waals surface area (Å²) in [5.74, 6) is 1.61. The summed E-state index contributed by atoms with van der Waals surface area (Å²) in [6, 6.07) is 21.0. The van der Waals surface area contributed by atoms with Crippen LogP contribution in [0.2, 0.25) is 0 Å². The molecule has 0 spiro atoms. The van der Waals surface area contributed by atoms with Crippen molar-refractivity contribution in [1.29, 1.82) is 0 Å². The van der Waals surface area contributed by atoms with Gasteiger partial charge in [-0.15, -0.1) is 11.3 Å². The predicted octanol–water partition coefficient (Wildman–Crippen LogP) is 7.68. The van der Waals surface area contributed by atoms with Crippen molar-refractivity contribution in [1.82, 2.24) is 20.2 Å².